The van der Waals surface area contributed by atoms with Gasteiger partial charge >= 0.3 is 5.97 Å². The van der Waals surface area contributed by atoms with Gasteiger partial charge in [-0.1, -0.05) is 0 Å². The van der Waals surface area contributed by atoms with Crippen LogP contribution in [0.2, 0.25) is 0 Å². The van der Waals surface area contributed by atoms with E-state index in [-0.39, 0.29) is 17.2 Å². The minimum atomic E-state index is -3.01. The number of nitrogens with zero attached hydrogens (tertiary/aromatic N) is 2. The van der Waals surface area contributed by atoms with E-state index in [9.17, 15) is 13.2 Å². The van der Waals surface area contributed by atoms with Crippen molar-refractivity contribution in [3.05, 3.63) is 18.1 Å². The van der Waals surface area contributed by atoms with Gasteiger partial charge in [-0.3, -0.25) is 4.98 Å². The van der Waals surface area contributed by atoms with Crippen molar-refractivity contribution in [3.63, 3.8) is 0 Å². The van der Waals surface area contributed by atoms with Crippen LogP contribution in [0.25, 0.3) is 0 Å². The first-order chi connectivity index (χ1) is 8.84. The van der Waals surface area contributed by atoms with Crippen LogP contribution in [-0.2, 0) is 14.6 Å². The number of sulfone groups is 1. The van der Waals surface area contributed by atoms with Crippen LogP contribution in [0.5, 0.6) is 0 Å². The summed E-state index contributed by atoms with van der Waals surface area (Å²) in [6, 6.07) is 0. The van der Waals surface area contributed by atoms with E-state index >= 15 is 0 Å². The maximum Gasteiger partial charge on any atom is 0.358 e. The zero-order chi connectivity index (χ0) is 14.1. The van der Waals surface area contributed by atoms with Gasteiger partial charge in [-0.25, -0.2) is 18.2 Å². The summed E-state index contributed by atoms with van der Waals surface area (Å²) in [5, 5.41) is 3.03. The summed E-state index contributed by atoms with van der Waals surface area (Å²) in [6.07, 6.45) is 3.24. The molecule has 1 N–H and O–H groups in total. The highest BCUT2D eigenvalue weighted by Gasteiger charge is 2.38. The summed E-state index contributed by atoms with van der Waals surface area (Å²) in [7, 11) is -1.75. The number of aromatic nitrogens is 2. The largest absolute Gasteiger partial charge is 0.464 e. The number of carbonyl (C=O) groups is 1. The molecule has 1 fully saturated rings. The van der Waals surface area contributed by atoms with Gasteiger partial charge in [0.05, 0.1) is 36.5 Å². The number of anilines is 1. The van der Waals surface area contributed by atoms with E-state index in [0.29, 0.717) is 12.2 Å². The standard InChI is InChI=1S/C11H15N3O4S/c1-11(3-4-19(16,17)7-11)14-9-6-12-5-8(13-9)10(15)18-2/h5-6H,3-4,7H2,1-2H3,(H,13,14). The quantitative estimate of drug-likeness (QED) is 0.795. The maximum atomic E-state index is 11.5. The molecule has 0 aromatic carbocycles. The lowest BCUT2D eigenvalue weighted by Gasteiger charge is -2.24. The van der Waals surface area contributed by atoms with Crippen LogP contribution < -0.4 is 5.32 Å². The molecule has 1 saturated heterocycles. The van der Waals surface area contributed by atoms with E-state index in [0.717, 1.165) is 0 Å². The van der Waals surface area contributed by atoms with Gasteiger partial charge in [-0.05, 0) is 13.3 Å². The van der Waals surface area contributed by atoms with Crippen molar-refractivity contribution in [1.82, 2.24) is 9.97 Å². The number of hydrogen-bond acceptors (Lipinski definition) is 7. The van der Waals surface area contributed by atoms with Gasteiger partial charge < -0.3 is 10.1 Å². The van der Waals surface area contributed by atoms with Gasteiger partial charge in [0.1, 0.15) is 5.82 Å². The Bertz CT molecular complexity index is 602. The van der Waals surface area contributed by atoms with Crippen LogP contribution in [0.4, 0.5) is 5.82 Å². The first kappa shape index (κ1) is 13.7. The van der Waals surface area contributed by atoms with E-state index < -0.39 is 21.3 Å². The Labute approximate surface area is 111 Å². The Morgan fingerprint density at radius 2 is 2.21 bits per heavy atom. The zero-order valence-corrected chi connectivity index (χ0v) is 11.5. The fourth-order valence-corrected chi connectivity index (χ4v) is 4.14. The van der Waals surface area contributed by atoms with E-state index in [4.69, 9.17) is 0 Å². The predicted octanol–water partition coefficient (Wildman–Crippen LogP) is 0.252. The molecule has 104 valence electrons. The normalized spacial score (nSPS) is 24.9. The van der Waals surface area contributed by atoms with Crippen molar-refractivity contribution in [2.45, 2.75) is 18.9 Å². The number of hydrogen-bond donors (Lipinski definition) is 1. The molecular formula is C11H15N3O4S. The summed E-state index contributed by atoms with van der Waals surface area (Å²) in [6.45, 7) is 1.81. The maximum absolute atomic E-state index is 11.5. The van der Waals surface area contributed by atoms with Crippen molar-refractivity contribution >= 4 is 21.6 Å². The second-order valence-electron chi connectivity index (χ2n) is 4.81. The molecule has 0 radical (unpaired) electrons. The van der Waals surface area contributed by atoms with Gasteiger partial charge in [0.25, 0.3) is 0 Å². The van der Waals surface area contributed by atoms with Crippen molar-refractivity contribution in [2.75, 3.05) is 23.9 Å². The molecule has 1 aromatic rings. The Balaban J connectivity index is 2.18. The number of esters is 1. The molecule has 0 aliphatic carbocycles. The number of carbonyl (C=O) groups excluding carboxylic acids is 1. The van der Waals surface area contributed by atoms with Crippen molar-refractivity contribution in [3.8, 4) is 0 Å². The topological polar surface area (TPSA) is 98.2 Å². The third-order valence-electron chi connectivity index (χ3n) is 2.96. The molecule has 7 nitrogen and oxygen atoms in total. The number of nitrogens with one attached hydrogen (secondary N) is 1. The second-order valence-corrected chi connectivity index (χ2v) is 6.99. The molecule has 0 bridgehead atoms. The molecule has 8 heteroatoms. The molecule has 0 amide bonds. The minimum absolute atomic E-state index is 0.0458. The summed E-state index contributed by atoms with van der Waals surface area (Å²) < 4.78 is 27.6. The van der Waals surface area contributed by atoms with Crippen LogP contribution >= 0.6 is 0 Å². The molecule has 19 heavy (non-hydrogen) atoms. The molecule has 2 heterocycles. The third-order valence-corrected chi connectivity index (χ3v) is 4.87. The van der Waals surface area contributed by atoms with Crippen LogP contribution in [0.3, 0.4) is 0 Å². The van der Waals surface area contributed by atoms with E-state index in [1.807, 2.05) is 6.92 Å². The molecular weight excluding hydrogens is 270 g/mol. The molecule has 1 aliphatic rings. The fourth-order valence-electron chi connectivity index (χ4n) is 2.05. The Morgan fingerprint density at radius 3 is 2.79 bits per heavy atom. The SMILES string of the molecule is COC(=O)c1cncc(NC2(C)CCS(=O)(=O)C2)n1. The molecule has 2 rings (SSSR count). The average molecular weight is 285 g/mol. The molecule has 0 saturated carbocycles. The van der Waals surface area contributed by atoms with Crippen molar-refractivity contribution in [2.24, 2.45) is 0 Å². The van der Waals surface area contributed by atoms with E-state index in [1.165, 1.54) is 19.5 Å². The highest BCUT2D eigenvalue weighted by molar-refractivity contribution is 7.91. The number of methoxy groups -OCH3 is 1. The summed E-state index contributed by atoms with van der Waals surface area (Å²) in [5.74, 6) is -0.0204. The Morgan fingerprint density at radius 1 is 1.47 bits per heavy atom. The molecule has 0 spiro atoms. The first-order valence-electron chi connectivity index (χ1n) is 5.73. The summed E-state index contributed by atoms with van der Waals surface area (Å²) >= 11 is 0. The van der Waals surface area contributed by atoms with E-state index in [1.54, 1.807) is 0 Å². The summed E-state index contributed by atoms with van der Waals surface area (Å²) in [5.41, 5.74) is -0.501. The predicted molar refractivity (Wildman–Crippen MR) is 68.7 cm³/mol. The lowest BCUT2D eigenvalue weighted by Crippen LogP contribution is -2.36. The zero-order valence-electron chi connectivity index (χ0n) is 10.7. The van der Waals surface area contributed by atoms with Gasteiger partial charge in [0.2, 0.25) is 0 Å². The lowest BCUT2D eigenvalue weighted by atomic mass is 10.0. The molecule has 1 atom stereocenters. The van der Waals surface area contributed by atoms with Crippen molar-refractivity contribution < 1.29 is 17.9 Å². The average Bonchev–Trinajstić information content (AvgIpc) is 2.62. The minimum Gasteiger partial charge on any atom is -0.464 e. The Hall–Kier alpha value is -1.70. The highest BCUT2D eigenvalue weighted by Crippen LogP contribution is 2.26. The molecule has 1 aromatic heterocycles. The monoisotopic (exact) mass is 285 g/mol. The van der Waals surface area contributed by atoms with Gasteiger partial charge in [-0.2, -0.15) is 0 Å². The van der Waals surface area contributed by atoms with Crippen LogP contribution in [-0.4, -0.2) is 48.5 Å². The van der Waals surface area contributed by atoms with Crippen LogP contribution in [0, 0.1) is 0 Å². The lowest BCUT2D eigenvalue weighted by molar-refractivity contribution is 0.0593. The van der Waals surface area contributed by atoms with Crippen molar-refractivity contribution in [1.29, 1.82) is 0 Å². The Kier molecular flexibility index (Phi) is 3.44. The smallest absolute Gasteiger partial charge is 0.358 e. The number of rotatable bonds is 3. The fraction of sp³-hybridized carbons (Fsp3) is 0.545. The van der Waals surface area contributed by atoms with Gasteiger partial charge in [0, 0.05) is 0 Å². The van der Waals surface area contributed by atoms with E-state index in [2.05, 4.69) is 20.0 Å². The van der Waals surface area contributed by atoms with Gasteiger partial charge in [0.15, 0.2) is 15.5 Å². The molecule has 1 unspecified atom stereocenters. The first-order valence-corrected chi connectivity index (χ1v) is 7.55. The highest BCUT2D eigenvalue weighted by atomic mass is 32.2. The molecule has 1 aliphatic heterocycles. The third kappa shape index (κ3) is 3.19. The van der Waals surface area contributed by atoms with Crippen LogP contribution in [0.15, 0.2) is 12.4 Å². The van der Waals surface area contributed by atoms with Crippen LogP contribution in [0.1, 0.15) is 23.8 Å². The van der Waals surface area contributed by atoms with Gasteiger partial charge in [-0.15, -0.1) is 0 Å². The summed E-state index contributed by atoms with van der Waals surface area (Å²) in [4.78, 5) is 19.3. The number of ether oxygens (including phenoxy) is 1. The second kappa shape index (κ2) is 4.76.